The zero-order chi connectivity index (χ0) is 21.0. The van der Waals surface area contributed by atoms with E-state index >= 15 is 0 Å². The van der Waals surface area contributed by atoms with E-state index in [2.05, 4.69) is 16.7 Å². The van der Waals surface area contributed by atoms with Gasteiger partial charge < -0.3 is 15.5 Å². The Morgan fingerprint density at radius 1 is 1.23 bits per heavy atom. The van der Waals surface area contributed by atoms with E-state index in [-0.39, 0.29) is 22.5 Å². The number of urea groups is 1. The molecule has 0 unspecified atom stereocenters. The molecule has 3 heterocycles. The largest absolute Gasteiger partial charge is 0.336 e. The summed E-state index contributed by atoms with van der Waals surface area (Å²) in [6.07, 6.45) is 5.20. The molecule has 10 heteroatoms. The van der Waals surface area contributed by atoms with Crippen LogP contribution in [0.3, 0.4) is 0 Å². The number of benzene rings is 1. The molecule has 5 rings (SSSR count). The predicted molar refractivity (Wildman–Crippen MR) is 107 cm³/mol. The first-order valence-corrected chi connectivity index (χ1v) is 11.6. The summed E-state index contributed by atoms with van der Waals surface area (Å²) in [5.41, 5.74) is 1.29. The van der Waals surface area contributed by atoms with E-state index in [1.54, 1.807) is 4.90 Å². The standard InChI is InChI=1S/C20H23FN4O4S/c21-14-1-2-16-18(9-14)30(28,29)25(20(27)23-16)11-19(26)24-10-12-7-15(17(24)8-12)13-3-5-22-6-4-13/h1-2,7,9,12-13,17,22H,3-6,8,10-11H2,(H,23,27)/t12-,17-/m0/s1. The fourth-order valence-electron chi connectivity index (χ4n) is 5.12. The Morgan fingerprint density at radius 2 is 2.00 bits per heavy atom. The molecular formula is C20H23FN4O4S. The summed E-state index contributed by atoms with van der Waals surface area (Å²) in [5.74, 6) is -0.409. The van der Waals surface area contributed by atoms with Crippen LogP contribution in [0.5, 0.6) is 0 Å². The number of amides is 3. The minimum absolute atomic E-state index is 0.0152. The summed E-state index contributed by atoms with van der Waals surface area (Å²) in [7, 11) is -4.32. The van der Waals surface area contributed by atoms with Gasteiger partial charge in [0.2, 0.25) is 5.91 Å². The summed E-state index contributed by atoms with van der Waals surface area (Å²) >= 11 is 0. The Balaban J connectivity index is 1.36. The monoisotopic (exact) mass is 434 g/mol. The number of rotatable bonds is 3. The van der Waals surface area contributed by atoms with Gasteiger partial charge in [0.25, 0.3) is 10.0 Å². The van der Waals surface area contributed by atoms with Crippen LogP contribution in [0, 0.1) is 17.7 Å². The SMILES string of the molecule is O=C(CN1C(=O)Nc2ccc(F)cc2S1(=O)=O)N1C[C@H]2C=C(C3CCNCC3)[C@@H]1C2. The number of halogens is 1. The number of nitrogens with one attached hydrogen (secondary N) is 2. The van der Waals surface area contributed by atoms with Gasteiger partial charge in [0.15, 0.2) is 0 Å². The third-order valence-corrected chi connectivity index (χ3v) is 8.30. The maximum Gasteiger partial charge on any atom is 0.336 e. The van der Waals surface area contributed by atoms with E-state index in [4.69, 9.17) is 0 Å². The van der Waals surface area contributed by atoms with Gasteiger partial charge in [-0.1, -0.05) is 6.08 Å². The molecule has 2 bridgehead atoms. The lowest BCUT2D eigenvalue weighted by Crippen LogP contribution is -2.51. The number of anilines is 1. The minimum Gasteiger partial charge on any atom is -0.334 e. The molecule has 1 aromatic carbocycles. The summed E-state index contributed by atoms with van der Waals surface area (Å²) in [6, 6.07) is 2.21. The van der Waals surface area contributed by atoms with Crippen LogP contribution in [0.2, 0.25) is 0 Å². The quantitative estimate of drug-likeness (QED) is 0.703. The van der Waals surface area contributed by atoms with Crippen molar-refractivity contribution in [3.05, 3.63) is 35.7 Å². The highest BCUT2D eigenvalue weighted by Gasteiger charge is 2.46. The average molecular weight is 434 g/mol. The molecule has 0 saturated carbocycles. The van der Waals surface area contributed by atoms with Crippen LogP contribution < -0.4 is 10.6 Å². The lowest BCUT2D eigenvalue weighted by Gasteiger charge is -2.36. The van der Waals surface area contributed by atoms with Crippen LogP contribution in [0.4, 0.5) is 14.9 Å². The number of hydrogen-bond donors (Lipinski definition) is 2. The van der Waals surface area contributed by atoms with E-state index in [0.29, 0.717) is 16.8 Å². The third kappa shape index (κ3) is 3.09. The van der Waals surface area contributed by atoms with Crippen molar-refractivity contribution in [1.29, 1.82) is 0 Å². The van der Waals surface area contributed by atoms with Gasteiger partial charge in [-0.25, -0.2) is 21.9 Å². The van der Waals surface area contributed by atoms with Gasteiger partial charge in [-0.05, 0) is 68.0 Å². The molecule has 2 fully saturated rings. The van der Waals surface area contributed by atoms with Gasteiger partial charge in [0.1, 0.15) is 17.3 Å². The normalized spacial score (nSPS) is 27.6. The van der Waals surface area contributed by atoms with E-state index in [9.17, 15) is 22.4 Å². The van der Waals surface area contributed by atoms with E-state index in [1.165, 1.54) is 11.6 Å². The van der Waals surface area contributed by atoms with Crippen molar-refractivity contribution in [3.8, 4) is 0 Å². The number of fused-ring (bicyclic) bond motifs is 3. The van der Waals surface area contributed by atoms with Crippen LogP contribution in [0.15, 0.2) is 34.7 Å². The Kier molecular flexibility index (Phi) is 4.59. The van der Waals surface area contributed by atoms with Gasteiger partial charge in [-0.3, -0.25) is 4.79 Å². The number of carbonyl (C=O) groups excluding carboxylic acids is 2. The zero-order valence-corrected chi connectivity index (χ0v) is 17.1. The lowest BCUT2D eigenvalue weighted by atomic mass is 9.86. The maximum atomic E-state index is 13.6. The summed E-state index contributed by atoms with van der Waals surface area (Å²) in [5, 5.41) is 5.78. The topological polar surface area (TPSA) is 98.8 Å². The highest BCUT2D eigenvalue weighted by Crippen LogP contribution is 2.42. The van der Waals surface area contributed by atoms with Crippen LogP contribution >= 0.6 is 0 Å². The first-order chi connectivity index (χ1) is 14.3. The highest BCUT2D eigenvalue weighted by molar-refractivity contribution is 7.90. The van der Waals surface area contributed by atoms with E-state index < -0.39 is 34.3 Å². The van der Waals surface area contributed by atoms with Crippen molar-refractivity contribution < 1.29 is 22.4 Å². The number of carbonyl (C=O) groups is 2. The number of nitrogens with zero attached hydrogens (tertiary/aromatic N) is 2. The number of hydrogen-bond acceptors (Lipinski definition) is 5. The molecule has 4 aliphatic rings. The van der Waals surface area contributed by atoms with Crippen molar-refractivity contribution >= 4 is 27.6 Å². The molecule has 0 aromatic heterocycles. The molecule has 2 N–H and O–H groups in total. The molecule has 30 heavy (non-hydrogen) atoms. The van der Waals surface area contributed by atoms with Crippen molar-refractivity contribution in [3.63, 3.8) is 0 Å². The molecule has 3 aliphatic heterocycles. The van der Waals surface area contributed by atoms with Crippen molar-refractivity contribution in [2.75, 3.05) is 31.5 Å². The second kappa shape index (κ2) is 7.05. The first-order valence-electron chi connectivity index (χ1n) is 10.2. The number of piperidine rings is 1. The second-order valence-corrected chi connectivity index (χ2v) is 10.2. The van der Waals surface area contributed by atoms with Gasteiger partial charge in [-0.2, -0.15) is 0 Å². The van der Waals surface area contributed by atoms with Crippen LogP contribution in [-0.2, 0) is 14.8 Å². The van der Waals surface area contributed by atoms with Crippen molar-refractivity contribution in [1.82, 2.24) is 14.5 Å². The first kappa shape index (κ1) is 19.5. The van der Waals surface area contributed by atoms with Gasteiger partial charge in [0.05, 0.1) is 11.7 Å². The van der Waals surface area contributed by atoms with E-state index in [0.717, 1.165) is 44.5 Å². The number of sulfonamides is 1. The molecule has 1 aromatic rings. The molecule has 0 spiro atoms. The fraction of sp³-hybridized carbons (Fsp3) is 0.500. The lowest BCUT2D eigenvalue weighted by molar-refractivity contribution is -0.131. The Labute approximate surface area is 174 Å². The summed E-state index contributed by atoms with van der Waals surface area (Å²) in [4.78, 5) is 26.9. The summed E-state index contributed by atoms with van der Waals surface area (Å²) in [6.45, 7) is 1.86. The minimum atomic E-state index is -4.32. The van der Waals surface area contributed by atoms with Gasteiger partial charge in [0, 0.05) is 6.54 Å². The predicted octanol–water partition coefficient (Wildman–Crippen LogP) is 1.52. The Morgan fingerprint density at radius 3 is 2.73 bits per heavy atom. The molecule has 0 radical (unpaired) electrons. The molecular weight excluding hydrogens is 411 g/mol. The third-order valence-electron chi connectivity index (χ3n) is 6.54. The molecule has 3 amide bonds. The molecule has 8 nitrogen and oxygen atoms in total. The summed E-state index contributed by atoms with van der Waals surface area (Å²) < 4.78 is 39.9. The van der Waals surface area contributed by atoms with Gasteiger partial charge in [-0.15, -0.1) is 0 Å². The smallest absolute Gasteiger partial charge is 0.334 e. The molecule has 1 aliphatic carbocycles. The second-order valence-electron chi connectivity index (χ2n) is 8.33. The Bertz CT molecular complexity index is 1050. The average Bonchev–Trinajstić information content (AvgIpc) is 3.34. The molecule has 2 saturated heterocycles. The van der Waals surface area contributed by atoms with Crippen molar-refractivity contribution in [2.45, 2.75) is 30.2 Å². The van der Waals surface area contributed by atoms with E-state index in [1.807, 2.05) is 0 Å². The van der Waals surface area contributed by atoms with Crippen LogP contribution in [0.25, 0.3) is 0 Å². The Hall–Kier alpha value is -2.46. The van der Waals surface area contributed by atoms with Crippen LogP contribution in [0.1, 0.15) is 19.3 Å². The van der Waals surface area contributed by atoms with Crippen LogP contribution in [-0.4, -0.2) is 61.8 Å². The van der Waals surface area contributed by atoms with Crippen molar-refractivity contribution in [2.24, 2.45) is 11.8 Å². The molecule has 160 valence electrons. The van der Waals surface area contributed by atoms with Gasteiger partial charge >= 0.3 is 6.03 Å². The maximum absolute atomic E-state index is 13.6. The highest BCUT2D eigenvalue weighted by atomic mass is 32.2. The molecule has 2 atom stereocenters. The zero-order valence-electron chi connectivity index (χ0n) is 16.3. The number of likely N-dealkylation sites (tertiary alicyclic amines) is 1. The fourth-order valence-corrected chi connectivity index (χ4v) is 6.56.